The number of rotatable bonds is 20. The summed E-state index contributed by atoms with van der Waals surface area (Å²) in [6, 6.07) is 102. The van der Waals surface area contributed by atoms with E-state index < -0.39 is 29.5 Å². The molecule has 13 heterocycles. The van der Waals surface area contributed by atoms with Crippen LogP contribution in [0.4, 0.5) is 28.4 Å². The fourth-order valence-corrected chi connectivity index (χ4v) is 27.3. The zero-order valence-electron chi connectivity index (χ0n) is 79.0. The van der Waals surface area contributed by atoms with Crippen molar-refractivity contribution in [1.82, 2.24) is 9.80 Å². The van der Waals surface area contributed by atoms with Crippen LogP contribution in [0.3, 0.4) is 0 Å². The molecule has 1 aliphatic carbocycles. The number of fused-ring (bicyclic) bond motifs is 7. The predicted molar refractivity (Wildman–Crippen MR) is 585 cm³/mol. The minimum absolute atomic E-state index is 0.247. The third-order valence-electron chi connectivity index (χ3n) is 26.8. The molecular formula is C117H97N7O13S9. The molecule has 0 saturated heterocycles. The number of para-hydroxylation sites is 1. The highest BCUT2D eigenvalue weighted by molar-refractivity contribution is 7.92. The summed E-state index contributed by atoms with van der Waals surface area (Å²) in [7, 11) is -11.2. The number of hydrogen-bond acceptors (Lipinski definition) is 26. The SMILES string of the molecule is C1=CC(c2ccc(N3COc4ccccc4C3)cc2)=CC1.O=S(=O)(c1ccc2c(c1)CN(Cc1cccs1)CO2)c1ccc2c(c1)CN(Cc1cccs1)CO2.O=S(=O)(c1ccc2c(c1)CN(c1ccc(-c3cccs3)cc1)CO2)c1ccc2c(c1)CN(c1ccc(-c3cccs3)cc1)CO2.O=S(=O)(c1ccc2c(c1)CN(c1ccc(-c3ccsc3)cc1)CO2)c1ccc2c(c1)CN(c1ccc(-c3ccsc3)cc1)CO2. The quantitative estimate of drug-likeness (QED) is 0.0699. The summed E-state index contributed by atoms with van der Waals surface area (Å²) in [4.78, 5) is 21.5. The molecule has 0 radical (unpaired) electrons. The second-order valence-corrected chi connectivity index (χ2v) is 47.7. The van der Waals surface area contributed by atoms with Gasteiger partial charge < -0.3 is 57.7 Å². The van der Waals surface area contributed by atoms with Gasteiger partial charge in [-0.3, -0.25) is 9.80 Å². The van der Waals surface area contributed by atoms with E-state index in [1.165, 1.54) is 64.1 Å². The van der Waals surface area contributed by atoms with Crippen LogP contribution < -0.4 is 57.7 Å². The first kappa shape index (κ1) is 95.2. The van der Waals surface area contributed by atoms with Gasteiger partial charge in [0, 0.05) is 146 Å². The summed E-state index contributed by atoms with van der Waals surface area (Å²) in [5.41, 5.74) is 21.3. The van der Waals surface area contributed by atoms with Gasteiger partial charge in [0.1, 0.15) is 53.7 Å². The number of allylic oxidation sites excluding steroid dienone is 4. The van der Waals surface area contributed by atoms with Crippen molar-refractivity contribution >= 4 is 132 Å². The van der Waals surface area contributed by atoms with Gasteiger partial charge in [-0.2, -0.15) is 22.7 Å². The van der Waals surface area contributed by atoms with E-state index in [2.05, 4.69) is 265 Å². The van der Waals surface area contributed by atoms with Gasteiger partial charge in [0.15, 0.2) is 33.7 Å². The number of nitrogens with zero attached hydrogens (tertiary/aromatic N) is 7. The molecule has 12 aromatic carbocycles. The molecule has 0 fully saturated rings. The number of ether oxygens (including phenoxy) is 7. The maximum Gasteiger partial charge on any atom is 0.206 e. The summed E-state index contributed by atoms with van der Waals surface area (Å²) in [6.07, 6.45) is 7.69. The molecule has 732 valence electrons. The summed E-state index contributed by atoms with van der Waals surface area (Å²) < 4.78 is 125. The molecule has 0 saturated carbocycles. The van der Waals surface area contributed by atoms with Gasteiger partial charge >= 0.3 is 0 Å². The van der Waals surface area contributed by atoms with Gasteiger partial charge in [0.2, 0.25) is 29.5 Å². The smallest absolute Gasteiger partial charge is 0.206 e. The Labute approximate surface area is 872 Å². The molecule has 7 aliphatic heterocycles. The molecular weight excluding hydrogens is 2000 g/mol. The first-order valence-electron chi connectivity index (χ1n) is 47.7. The Bertz CT molecular complexity index is 7440. The van der Waals surface area contributed by atoms with Crippen molar-refractivity contribution < 1.29 is 58.4 Å². The van der Waals surface area contributed by atoms with Crippen molar-refractivity contribution in [2.45, 2.75) is 94.7 Å². The van der Waals surface area contributed by atoms with Gasteiger partial charge in [-0.1, -0.05) is 121 Å². The van der Waals surface area contributed by atoms with Crippen LogP contribution in [0.15, 0.2) is 406 Å². The molecule has 0 N–H and O–H groups in total. The van der Waals surface area contributed by atoms with Crippen molar-refractivity contribution in [3.63, 3.8) is 0 Å². The summed E-state index contributed by atoms with van der Waals surface area (Å²) in [6.45, 7) is 9.13. The van der Waals surface area contributed by atoms with Crippen LogP contribution in [-0.4, -0.2) is 82.2 Å². The average molecular weight is 2100 g/mol. The van der Waals surface area contributed by atoms with Gasteiger partial charge in [0.05, 0.1) is 29.4 Å². The molecule has 0 spiro atoms. The number of benzene rings is 12. The third-order valence-corrected chi connectivity index (χ3v) is 37.0. The van der Waals surface area contributed by atoms with Crippen LogP contribution >= 0.6 is 68.0 Å². The Morgan fingerprint density at radius 2 is 0.541 bits per heavy atom. The molecule has 0 amide bonds. The Morgan fingerprint density at radius 3 is 0.842 bits per heavy atom. The molecule has 20 nitrogen and oxygen atoms in total. The van der Waals surface area contributed by atoms with Gasteiger partial charge in [-0.05, 0) is 306 Å². The topological polar surface area (TPSA) is 190 Å². The van der Waals surface area contributed by atoms with Crippen LogP contribution in [-0.2, 0) is 88.4 Å². The molecule has 6 aromatic heterocycles. The Morgan fingerprint density at radius 1 is 0.247 bits per heavy atom. The summed E-state index contributed by atoms with van der Waals surface area (Å²) >= 11 is 10.2. The van der Waals surface area contributed by atoms with E-state index >= 15 is 0 Å². The first-order chi connectivity index (χ1) is 71.5. The molecule has 8 aliphatic rings. The van der Waals surface area contributed by atoms with Crippen LogP contribution in [0.1, 0.15) is 60.7 Å². The lowest BCUT2D eigenvalue weighted by Crippen LogP contribution is -2.32. The van der Waals surface area contributed by atoms with E-state index in [-0.39, 0.29) is 29.4 Å². The van der Waals surface area contributed by atoms with Crippen molar-refractivity contribution in [1.29, 1.82) is 0 Å². The lowest BCUT2D eigenvalue weighted by Gasteiger charge is -2.31. The van der Waals surface area contributed by atoms with Crippen molar-refractivity contribution in [2.75, 3.05) is 71.6 Å². The van der Waals surface area contributed by atoms with E-state index in [4.69, 9.17) is 33.2 Å². The highest BCUT2D eigenvalue weighted by Gasteiger charge is 2.33. The maximum absolute atomic E-state index is 13.9. The average Bonchev–Trinajstić information content (AvgIpc) is 1.13. The molecule has 18 aromatic rings. The van der Waals surface area contributed by atoms with Crippen molar-refractivity contribution in [2.24, 2.45) is 0 Å². The largest absolute Gasteiger partial charge is 0.478 e. The Hall–Kier alpha value is -14.3. The van der Waals surface area contributed by atoms with Crippen LogP contribution in [0.5, 0.6) is 40.2 Å². The normalized spacial score (nSPS) is 15.1. The third kappa shape index (κ3) is 20.9. The highest BCUT2D eigenvalue weighted by Crippen LogP contribution is 2.44. The lowest BCUT2D eigenvalue weighted by molar-refractivity contribution is 0.0894. The number of hydrogen-bond donors (Lipinski definition) is 0. The number of anilines is 5. The van der Waals surface area contributed by atoms with E-state index in [0.29, 0.717) is 109 Å². The fraction of sp³-hybridized carbons (Fsp3) is 0.145. The predicted octanol–water partition coefficient (Wildman–Crippen LogP) is 27.1. The maximum atomic E-state index is 13.9. The fourth-order valence-electron chi connectivity index (χ4n) is 19.0. The molecule has 146 heavy (non-hydrogen) atoms. The first-order valence-corrected chi connectivity index (χ1v) is 57.6. The number of sulfone groups is 3. The van der Waals surface area contributed by atoms with E-state index in [0.717, 1.165) is 111 Å². The minimum Gasteiger partial charge on any atom is -0.478 e. The Balaban J connectivity index is 0.000000111. The molecule has 0 unspecified atom stereocenters. The van der Waals surface area contributed by atoms with Gasteiger partial charge in [-0.15, -0.1) is 45.3 Å². The standard InChI is InChI=1S/2C36H28N2O4S3.C26H24N2O4S3.C19H17NO/c39-45(40,33-9-11-35-29(17-33)19-37(23-41-35)31-5-1-25(2-6-31)27-13-15-43-21-27)34-10-12-36-30(18-34)20-38(24-42-36)32-7-3-26(4-8-32)28-14-16-44-22-28;39-45(40,31-13-15-33-27(19-31)21-37(23-41-33)29-9-5-25(6-10-29)35-3-1-17-43-35)32-14-16-34-28(20-32)22-38(24-42-34)30-11-7-26(8-12-30)36-4-2-18-44-36;29-35(30,23-5-7-25-19(11-23)13-27(17-31-25)15-21-3-1-9-33-21)24-6-8-26-20(12-24)14-28(18-32-26)16-22-4-2-10-34-22;1-2-6-15(5-1)16-9-11-18(12-10-16)20-13-17-7-3-4-8-19(17)21-14-20/h1-18,21-22H,19-20,23-24H2;1-20H,21-24H2;1-12H,13-18H2;1,3-12H,2,13-14H2. The van der Waals surface area contributed by atoms with Crippen molar-refractivity contribution in [3.05, 3.63) is 431 Å². The summed E-state index contributed by atoms with van der Waals surface area (Å²) in [5, 5.41) is 16.7. The second kappa shape index (κ2) is 42.0. The van der Waals surface area contributed by atoms with E-state index in [9.17, 15) is 25.3 Å². The van der Waals surface area contributed by atoms with Gasteiger partial charge in [0.25, 0.3) is 0 Å². The van der Waals surface area contributed by atoms with E-state index in [1.807, 2.05) is 36.4 Å². The summed E-state index contributed by atoms with van der Waals surface area (Å²) in [5.74, 6) is 5.33. The second-order valence-electron chi connectivity index (χ2n) is 36.3. The van der Waals surface area contributed by atoms with E-state index in [1.54, 1.807) is 177 Å². The van der Waals surface area contributed by atoms with Crippen LogP contribution in [0.25, 0.3) is 48.7 Å². The van der Waals surface area contributed by atoms with Gasteiger partial charge in [-0.25, -0.2) is 25.3 Å². The Kier molecular flexibility index (Phi) is 27.4. The molecule has 26 rings (SSSR count). The lowest BCUT2D eigenvalue weighted by atomic mass is 10.1. The zero-order valence-corrected chi connectivity index (χ0v) is 86.4. The number of thiophene rings is 6. The molecule has 0 bridgehead atoms. The monoisotopic (exact) mass is 2100 g/mol. The van der Waals surface area contributed by atoms with Crippen LogP contribution in [0.2, 0.25) is 0 Å². The molecule has 29 heteroatoms. The minimum atomic E-state index is -3.78. The molecule has 0 atom stereocenters. The zero-order chi connectivity index (χ0) is 98.7. The van der Waals surface area contributed by atoms with Crippen molar-refractivity contribution in [3.8, 4) is 83.4 Å². The highest BCUT2D eigenvalue weighted by atomic mass is 32.2. The van der Waals surface area contributed by atoms with Crippen LogP contribution in [0, 0.1) is 0 Å².